The van der Waals surface area contributed by atoms with E-state index in [1.807, 2.05) is 6.26 Å². The maximum absolute atomic E-state index is 9.29. The van der Waals surface area contributed by atoms with Gasteiger partial charge in [0.1, 0.15) is 30.6 Å². The van der Waals surface area contributed by atoms with E-state index in [1.54, 1.807) is 4.57 Å². The van der Waals surface area contributed by atoms with Crippen molar-refractivity contribution < 1.29 is 9.84 Å². The Bertz CT molecular complexity index is 634. The molecule has 0 aromatic carbocycles. The van der Waals surface area contributed by atoms with Gasteiger partial charge in [0.2, 0.25) is 0 Å². The van der Waals surface area contributed by atoms with Crippen molar-refractivity contribution in [2.75, 3.05) is 25.2 Å². The number of fused-ring (bicyclic) bond motifs is 1. The number of hydrogen-bond acceptors (Lipinski definition) is 7. The molecular weight excluding hydrogens is 266 g/mol. The van der Waals surface area contributed by atoms with Crippen molar-refractivity contribution >= 4 is 28.6 Å². The number of anilines is 1. The van der Waals surface area contributed by atoms with E-state index in [1.165, 1.54) is 18.1 Å². The van der Waals surface area contributed by atoms with Crippen LogP contribution >= 0.6 is 11.8 Å². The third kappa shape index (κ3) is 2.35. The number of nitrogens with two attached hydrogens (primary N) is 1. The van der Waals surface area contributed by atoms with Crippen molar-refractivity contribution in [1.82, 2.24) is 14.5 Å². The molecule has 7 nitrogen and oxygen atoms in total. The van der Waals surface area contributed by atoms with Crippen molar-refractivity contribution in [1.29, 1.82) is 5.26 Å². The van der Waals surface area contributed by atoms with Gasteiger partial charge in [0, 0.05) is 0 Å². The molecule has 0 atom stereocenters. The van der Waals surface area contributed by atoms with Crippen LogP contribution < -0.4 is 5.73 Å². The zero-order valence-corrected chi connectivity index (χ0v) is 11.1. The number of rotatable bonds is 5. The van der Waals surface area contributed by atoms with Crippen molar-refractivity contribution in [2.45, 2.75) is 11.8 Å². The van der Waals surface area contributed by atoms with Gasteiger partial charge in [-0.3, -0.25) is 4.57 Å². The maximum atomic E-state index is 9.29. The molecule has 0 radical (unpaired) electrons. The van der Waals surface area contributed by atoms with E-state index in [9.17, 15) is 5.26 Å². The molecule has 3 N–H and O–H groups in total. The number of thioether (sulfide) groups is 1. The average molecular weight is 279 g/mol. The molecule has 2 heterocycles. The van der Waals surface area contributed by atoms with Gasteiger partial charge >= 0.3 is 0 Å². The molecule has 0 saturated carbocycles. The topological polar surface area (TPSA) is 110 Å². The summed E-state index contributed by atoms with van der Waals surface area (Å²) in [4.78, 5) is 8.08. The summed E-state index contributed by atoms with van der Waals surface area (Å²) in [6, 6.07) is 2.13. The maximum Gasteiger partial charge on any atom is 0.149 e. The quantitative estimate of drug-likeness (QED) is 0.608. The second-order valence-corrected chi connectivity index (χ2v) is 4.44. The van der Waals surface area contributed by atoms with Crippen LogP contribution in [-0.4, -0.2) is 39.1 Å². The van der Waals surface area contributed by atoms with Crippen LogP contribution in [0.3, 0.4) is 0 Å². The highest BCUT2D eigenvalue weighted by Gasteiger charge is 2.20. The van der Waals surface area contributed by atoms with E-state index in [2.05, 4.69) is 16.0 Å². The van der Waals surface area contributed by atoms with Gasteiger partial charge in [0.15, 0.2) is 0 Å². The van der Waals surface area contributed by atoms with Crippen LogP contribution in [0, 0.1) is 11.3 Å². The molecule has 2 aromatic rings. The summed E-state index contributed by atoms with van der Waals surface area (Å²) in [7, 11) is 0. The Kier molecular flexibility index (Phi) is 4.21. The van der Waals surface area contributed by atoms with Gasteiger partial charge in [0.25, 0.3) is 0 Å². The van der Waals surface area contributed by atoms with Gasteiger partial charge in [-0.25, -0.2) is 9.97 Å². The van der Waals surface area contributed by atoms with E-state index in [4.69, 9.17) is 15.6 Å². The molecule has 19 heavy (non-hydrogen) atoms. The fraction of sp³-hybridized carbons (Fsp3) is 0.364. The number of nitriles is 1. The van der Waals surface area contributed by atoms with Crippen molar-refractivity contribution in [3.63, 3.8) is 0 Å². The first-order valence-corrected chi connectivity index (χ1v) is 6.72. The van der Waals surface area contributed by atoms with E-state index in [0.717, 1.165) is 5.03 Å². The van der Waals surface area contributed by atoms with Crippen LogP contribution in [-0.2, 0) is 11.5 Å². The lowest BCUT2D eigenvalue weighted by atomic mass is 10.2. The van der Waals surface area contributed by atoms with Crippen LogP contribution in [0.2, 0.25) is 0 Å². The highest BCUT2D eigenvalue weighted by atomic mass is 32.2. The van der Waals surface area contributed by atoms with Gasteiger partial charge in [0.05, 0.1) is 29.2 Å². The molecule has 0 bridgehead atoms. The fourth-order valence-electron chi connectivity index (χ4n) is 1.83. The lowest BCUT2D eigenvalue weighted by Crippen LogP contribution is -2.07. The molecule has 2 rings (SSSR count). The van der Waals surface area contributed by atoms with E-state index >= 15 is 0 Å². The molecular formula is C11H13N5O2S. The zero-order chi connectivity index (χ0) is 13.8. The molecule has 0 spiro atoms. The zero-order valence-electron chi connectivity index (χ0n) is 10.3. The number of nitrogen functional groups attached to an aromatic ring is 1. The first kappa shape index (κ1) is 13.6. The van der Waals surface area contributed by atoms with Crippen LogP contribution in [0.25, 0.3) is 11.0 Å². The molecule has 0 aliphatic carbocycles. The predicted molar refractivity (Wildman–Crippen MR) is 71.5 cm³/mol. The molecule has 0 fully saturated rings. The van der Waals surface area contributed by atoms with Crippen LogP contribution in [0.4, 0.5) is 5.82 Å². The van der Waals surface area contributed by atoms with Gasteiger partial charge in [-0.1, -0.05) is 0 Å². The van der Waals surface area contributed by atoms with E-state index in [-0.39, 0.29) is 25.8 Å². The van der Waals surface area contributed by atoms with Crippen molar-refractivity contribution in [3.8, 4) is 6.07 Å². The van der Waals surface area contributed by atoms with E-state index < -0.39 is 0 Å². The summed E-state index contributed by atoms with van der Waals surface area (Å²) in [5, 5.41) is 19.3. The standard InChI is InChI=1S/C11H13N5O2S/c1-19-11-7(4-12)8-9(13)14-5-15-10(8)16(11)6-18-3-2-17/h5,17H,2-3,6H2,1H3,(H2,13,14,15). The SMILES string of the molecule is CSc1c(C#N)c2c(N)ncnc2n1COCCO. The van der Waals surface area contributed by atoms with Crippen LogP contribution in [0.5, 0.6) is 0 Å². The molecule has 8 heteroatoms. The first-order valence-electron chi connectivity index (χ1n) is 5.50. The van der Waals surface area contributed by atoms with Gasteiger partial charge in [-0.2, -0.15) is 5.26 Å². The van der Waals surface area contributed by atoms with Crippen LogP contribution in [0.1, 0.15) is 5.56 Å². The average Bonchev–Trinajstić information content (AvgIpc) is 2.73. The number of aliphatic hydroxyl groups is 1. The summed E-state index contributed by atoms with van der Waals surface area (Å²) in [6.45, 7) is 0.358. The minimum atomic E-state index is -0.0595. The Morgan fingerprint density at radius 2 is 2.37 bits per heavy atom. The largest absolute Gasteiger partial charge is 0.394 e. The summed E-state index contributed by atoms with van der Waals surface area (Å²) in [6.07, 6.45) is 3.21. The lowest BCUT2D eigenvalue weighted by Gasteiger charge is -2.08. The molecule has 0 aliphatic heterocycles. The van der Waals surface area contributed by atoms with Gasteiger partial charge < -0.3 is 15.6 Å². The molecule has 2 aromatic heterocycles. The predicted octanol–water partition coefficient (Wildman–Crippen LogP) is 0.573. The monoisotopic (exact) mass is 279 g/mol. The number of ether oxygens (including phenoxy) is 1. The summed E-state index contributed by atoms with van der Waals surface area (Å²) >= 11 is 1.41. The Morgan fingerprint density at radius 1 is 1.58 bits per heavy atom. The summed E-state index contributed by atoms with van der Waals surface area (Å²) in [5.41, 5.74) is 6.83. The number of aromatic nitrogens is 3. The normalized spacial score (nSPS) is 10.8. The van der Waals surface area contributed by atoms with Crippen LogP contribution in [0.15, 0.2) is 11.4 Å². The number of nitrogens with zero attached hydrogens (tertiary/aromatic N) is 4. The molecule has 0 unspecified atom stereocenters. The second-order valence-electron chi connectivity index (χ2n) is 3.64. The minimum Gasteiger partial charge on any atom is -0.394 e. The highest BCUT2D eigenvalue weighted by molar-refractivity contribution is 7.98. The van der Waals surface area contributed by atoms with Crippen molar-refractivity contribution in [2.24, 2.45) is 0 Å². The second kappa shape index (κ2) is 5.88. The Labute approximate surface area is 114 Å². The Balaban J connectivity index is 2.61. The molecule has 0 saturated heterocycles. The highest BCUT2D eigenvalue weighted by Crippen LogP contribution is 2.32. The third-order valence-electron chi connectivity index (χ3n) is 2.58. The van der Waals surface area contributed by atoms with Crippen molar-refractivity contribution in [3.05, 3.63) is 11.9 Å². The molecule has 0 amide bonds. The Hall–Kier alpha value is -1.82. The van der Waals surface area contributed by atoms with Gasteiger partial charge in [-0.15, -0.1) is 11.8 Å². The summed E-state index contributed by atoms with van der Waals surface area (Å²) < 4.78 is 7.06. The first-order chi connectivity index (χ1) is 9.24. The number of aliphatic hydroxyl groups excluding tert-OH is 1. The van der Waals surface area contributed by atoms with E-state index in [0.29, 0.717) is 16.6 Å². The third-order valence-corrected chi connectivity index (χ3v) is 3.39. The molecule has 100 valence electrons. The minimum absolute atomic E-state index is 0.0595. The fourth-order valence-corrected chi connectivity index (χ4v) is 2.54. The smallest absolute Gasteiger partial charge is 0.149 e. The lowest BCUT2D eigenvalue weighted by molar-refractivity contribution is 0.0464. The number of hydrogen-bond donors (Lipinski definition) is 2. The van der Waals surface area contributed by atoms with Gasteiger partial charge in [-0.05, 0) is 6.26 Å². The summed E-state index contributed by atoms with van der Waals surface area (Å²) in [5.74, 6) is 0.276. The molecule has 0 aliphatic rings. The Morgan fingerprint density at radius 3 is 3.00 bits per heavy atom.